The molecule has 0 atom stereocenters. The number of aromatic nitrogens is 5. The molecule has 0 unspecified atom stereocenters. The van der Waals surface area contributed by atoms with Crippen LogP contribution in [0.15, 0.2) is 192 Å². The van der Waals surface area contributed by atoms with Crippen LogP contribution in [0.2, 0.25) is 0 Å². The van der Waals surface area contributed by atoms with Gasteiger partial charge in [0.1, 0.15) is 5.58 Å². The van der Waals surface area contributed by atoms with Gasteiger partial charge >= 0.3 is 0 Å². The number of nitrogens with zero attached hydrogens (tertiary/aromatic N) is 5. The second-order valence-electron chi connectivity index (χ2n) is 14.4. The van der Waals surface area contributed by atoms with E-state index >= 15 is 0 Å². The smallest absolute Gasteiger partial charge is 0.238 e. The van der Waals surface area contributed by atoms with E-state index < -0.39 is 0 Å². The molecule has 0 N–H and O–H groups in total. The van der Waals surface area contributed by atoms with Crippen molar-refractivity contribution in [3.8, 4) is 45.5 Å². The highest BCUT2D eigenvalue weighted by molar-refractivity contribution is 6.13. The number of fused-ring (bicyclic) bond motifs is 9. The van der Waals surface area contributed by atoms with E-state index in [9.17, 15) is 0 Å². The van der Waals surface area contributed by atoms with Crippen LogP contribution in [0.1, 0.15) is 0 Å². The lowest BCUT2D eigenvalue weighted by Crippen LogP contribution is -2.06. The summed E-state index contributed by atoms with van der Waals surface area (Å²) < 4.78 is 11.3. The average molecular weight is 730 g/mol. The first-order chi connectivity index (χ1) is 28.3. The van der Waals surface area contributed by atoms with Gasteiger partial charge in [0.2, 0.25) is 5.95 Å². The molecule has 0 spiro atoms. The van der Waals surface area contributed by atoms with E-state index in [0.717, 1.165) is 82.7 Å². The fraction of sp³-hybridized carbons (Fsp3) is 0. The SMILES string of the molecule is c1ccc(-c2ccc3c4ccccc4n(-c4nc(-c5ccccc5)nc(-c5ccc6c(c5)oc5c(-n7c8ccccc8c8ccccc87)cccc56)n4)c3c2)cc1. The minimum atomic E-state index is 0.550. The van der Waals surface area contributed by atoms with Crippen LogP contribution in [0.4, 0.5) is 0 Å². The lowest BCUT2D eigenvalue weighted by Gasteiger charge is -2.11. The molecule has 0 saturated carbocycles. The first kappa shape index (κ1) is 31.5. The number of hydrogen-bond donors (Lipinski definition) is 0. The van der Waals surface area contributed by atoms with Gasteiger partial charge in [-0.15, -0.1) is 0 Å². The highest BCUT2D eigenvalue weighted by Crippen LogP contribution is 2.40. The maximum absolute atomic E-state index is 6.86. The molecule has 6 heteroatoms. The average Bonchev–Trinajstić information content (AvgIpc) is 3.94. The normalized spacial score (nSPS) is 11.9. The van der Waals surface area contributed by atoms with Gasteiger partial charge in [0, 0.05) is 43.4 Å². The van der Waals surface area contributed by atoms with Gasteiger partial charge in [-0.25, -0.2) is 4.98 Å². The number of furan rings is 1. The number of rotatable bonds is 5. The Hall–Kier alpha value is -7.83. The molecular formula is C51H31N5O. The zero-order valence-electron chi connectivity index (χ0n) is 30.5. The molecule has 266 valence electrons. The van der Waals surface area contributed by atoms with Gasteiger partial charge in [-0.05, 0) is 53.6 Å². The van der Waals surface area contributed by atoms with Crippen LogP contribution in [0.3, 0.4) is 0 Å². The molecule has 0 amide bonds. The molecule has 0 aliphatic carbocycles. The summed E-state index contributed by atoms with van der Waals surface area (Å²) in [7, 11) is 0. The van der Waals surface area contributed by atoms with E-state index in [1.807, 2.05) is 36.4 Å². The molecular weight excluding hydrogens is 699 g/mol. The van der Waals surface area contributed by atoms with Gasteiger partial charge in [0.05, 0.1) is 27.8 Å². The van der Waals surface area contributed by atoms with Crippen LogP contribution in [-0.2, 0) is 0 Å². The number of benzene rings is 8. The van der Waals surface area contributed by atoms with Gasteiger partial charge in [-0.2, -0.15) is 9.97 Å². The minimum Gasteiger partial charge on any atom is -0.454 e. The minimum absolute atomic E-state index is 0.550. The lowest BCUT2D eigenvalue weighted by atomic mass is 10.0. The molecule has 57 heavy (non-hydrogen) atoms. The van der Waals surface area contributed by atoms with Crippen molar-refractivity contribution in [2.75, 3.05) is 0 Å². The van der Waals surface area contributed by atoms with Gasteiger partial charge in [-0.3, -0.25) is 4.57 Å². The molecule has 0 aliphatic rings. The third-order valence-corrected chi connectivity index (χ3v) is 11.2. The van der Waals surface area contributed by atoms with Crippen LogP contribution < -0.4 is 0 Å². The van der Waals surface area contributed by atoms with Crippen molar-refractivity contribution in [2.45, 2.75) is 0 Å². The molecule has 12 aromatic rings. The van der Waals surface area contributed by atoms with Gasteiger partial charge < -0.3 is 8.98 Å². The van der Waals surface area contributed by atoms with Crippen LogP contribution in [0, 0.1) is 0 Å². The molecule has 4 aromatic heterocycles. The Balaban J connectivity index is 1.07. The predicted octanol–water partition coefficient (Wildman–Crippen LogP) is 13.0. The fourth-order valence-corrected chi connectivity index (χ4v) is 8.59. The summed E-state index contributed by atoms with van der Waals surface area (Å²) in [6.45, 7) is 0. The van der Waals surface area contributed by atoms with Crippen LogP contribution in [0.5, 0.6) is 0 Å². The Morgan fingerprint density at radius 1 is 0.333 bits per heavy atom. The van der Waals surface area contributed by atoms with E-state index in [4.69, 9.17) is 19.4 Å². The maximum atomic E-state index is 6.86. The Morgan fingerprint density at radius 2 is 0.860 bits per heavy atom. The van der Waals surface area contributed by atoms with Gasteiger partial charge in [0.15, 0.2) is 17.2 Å². The standard InChI is InChI=1S/C51H31N5O/c1-3-14-32(15-4-1)34-26-28-39-38-20-9-12-24-44(38)56(46(39)30-34)51-53-49(33-16-5-2-6-17-33)52-50(54-51)35-27-29-40-41-21-13-25-45(48(41)57-47(40)31-35)55-42-22-10-7-18-36(42)37-19-8-11-23-43(37)55/h1-31H. The third kappa shape index (κ3) is 4.87. The first-order valence-electron chi connectivity index (χ1n) is 19.1. The van der Waals surface area contributed by atoms with Crippen molar-refractivity contribution in [2.24, 2.45) is 0 Å². The van der Waals surface area contributed by atoms with E-state index in [0.29, 0.717) is 17.6 Å². The van der Waals surface area contributed by atoms with Crippen molar-refractivity contribution in [3.63, 3.8) is 0 Å². The van der Waals surface area contributed by atoms with E-state index in [2.05, 4.69) is 161 Å². The largest absolute Gasteiger partial charge is 0.454 e. The quantitative estimate of drug-likeness (QED) is 0.177. The summed E-state index contributed by atoms with van der Waals surface area (Å²) in [5.74, 6) is 1.71. The Kier molecular flexibility index (Phi) is 6.83. The summed E-state index contributed by atoms with van der Waals surface area (Å²) in [4.78, 5) is 15.5. The molecule has 12 rings (SSSR count). The highest BCUT2D eigenvalue weighted by atomic mass is 16.3. The summed E-state index contributed by atoms with van der Waals surface area (Å²) in [6.07, 6.45) is 0. The van der Waals surface area contributed by atoms with E-state index in [1.165, 1.54) is 10.8 Å². The van der Waals surface area contributed by atoms with E-state index in [-0.39, 0.29) is 0 Å². The van der Waals surface area contributed by atoms with Crippen LogP contribution in [-0.4, -0.2) is 24.1 Å². The van der Waals surface area contributed by atoms with Crippen LogP contribution >= 0.6 is 0 Å². The third-order valence-electron chi connectivity index (χ3n) is 11.2. The Bertz CT molecular complexity index is 3470. The second-order valence-corrected chi connectivity index (χ2v) is 14.4. The van der Waals surface area contributed by atoms with Crippen molar-refractivity contribution >= 4 is 65.6 Å². The van der Waals surface area contributed by atoms with Crippen molar-refractivity contribution in [1.29, 1.82) is 0 Å². The molecule has 0 fully saturated rings. The summed E-state index contributed by atoms with van der Waals surface area (Å²) in [6, 6.07) is 65.5. The maximum Gasteiger partial charge on any atom is 0.238 e. The predicted molar refractivity (Wildman–Crippen MR) is 232 cm³/mol. The monoisotopic (exact) mass is 729 g/mol. The fourth-order valence-electron chi connectivity index (χ4n) is 8.59. The Labute approximate surface area is 326 Å². The van der Waals surface area contributed by atoms with Crippen molar-refractivity contribution in [3.05, 3.63) is 188 Å². The zero-order valence-corrected chi connectivity index (χ0v) is 30.5. The Morgan fingerprint density at radius 3 is 1.54 bits per heavy atom. The first-order valence-corrected chi connectivity index (χ1v) is 19.1. The molecule has 0 radical (unpaired) electrons. The van der Waals surface area contributed by atoms with Crippen molar-refractivity contribution < 1.29 is 4.42 Å². The molecule has 0 aliphatic heterocycles. The molecule has 8 aromatic carbocycles. The molecule has 0 saturated heterocycles. The van der Waals surface area contributed by atoms with Crippen LogP contribution in [0.25, 0.3) is 111 Å². The topological polar surface area (TPSA) is 61.7 Å². The molecule has 0 bridgehead atoms. The molecule has 4 heterocycles. The summed E-state index contributed by atoms with van der Waals surface area (Å²) in [5.41, 5.74) is 11.0. The highest BCUT2D eigenvalue weighted by Gasteiger charge is 2.21. The molecule has 6 nitrogen and oxygen atoms in total. The zero-order chi connectivity index (χ0) is 37.5. The van der Waals surface area contributed by atoms with E-state index in [1.54, 1.807) is 0 Å². The number of hydrogen-bond acceptors (Lipinski definition) is 4. The van der Waals surface area contributed by atoms with Gasteiger partial charge in [-0.1, -0.05) is 146 Å². The van der Waals surface area contributed by atoms with Gasteiger partial charge in [0.25, 0.3) is 0 Å². The van der Waals surface area contributed by atoms with Crippen molar-refractivity contribution in [1.82, 2.24) is 24.1 Å². The number of para-hydroxylation sites is 4. The summed E-state index contributed by atoms with van der Waals surface area (Å²) >= 11 is 0. The lowest BCUT2D eigenvalue weighted by molar-refractivity contribution is 0.666. The second kappa shape index (κ2) is 12.3. The summed E-state index contributed by atoms with van der Waals surface area (Å²) in [5, 5.41) is 6.78.